The second-order valence-corrected chi connectivity index (χ2v) is 5.92. The Bertz CT molecular complexity index is 601. The predicted octanol–water partition coefficient (Wildman–Crippen LogP) is 1.84. The molecule has 0 saturated carbocycles. The number of benzene rings is 1. The largest absolute Gasteiger partial charge is 0.461 e. The van der Waals surface area contributed by atoms with Gasteiger partial charge in [0.25, 0.3) is 0 Å². The Morgan fingerprint density at radius 1 is 1.36 bits per heavy atom. The highest BCUT2D eigenvalue weighted by molar-refractivity contribution is 7.20. The van der Waals surface area contributed by atoms with E-state index >= 15 is 0 Å². The minimum Gasteiger partial charge on any atom is -0.461 e. The SMILES string of the molecule is [B]c1sc(CNCCCc2ccccc2)nc1C(=O)OCC. The highest BCUT2D eigenvalue weighted by atomic mass is 32.1. The Morgan fingerprint density at radius 3 is 2.86 bits per heavy atom. The molecule has 0 amide bonds. The summed E-state index contributed by atoms with van der Waals surface area (Å²) in [6.07, 6.45) is 2.09. The third-order valence-electron chi connectivity index (χ3n) is 3.10. The van der Waals surface area contributed by atoms with Crippen LogP contribution in [0.4, 0.5) is 0 Å². The van der Waals surface area contributed by atoms with Crippen LogP contribution in [0.25, 0.3) is 0 Å². The maximum Gasteiger partial charge on any atom is 0.357 e. The number of aryl methyl sites for hydroxylation is 1. The second kappa shape index (κ2) is 8.71. The molecule has 4 nitrogen and oxygen atoms in total. The lowest BCUT2D eigenvalue weighted by atomic mass is 10.1. The lowest BCUT2D eigenvalue weighted by Gasteiger charge is -2.03. The van der Waals surface area contributed by atoms with Crippen LogP contribution in [-0.2, 0) is 17.7 Å². The number of nitrogens with one attached hydrogen (secondary N) is 1. The molecule has 1 aromatic heterocycles. The first-order valence-electron chi connectivity index (χ1n) is 7.37. The first-order valence-corrected chi connectivity index (χ1v) is 8.19. The Hall–Kier alpha value is -1.66. The first-order chi connectivity index (χ1) is 10.7. The third-order valence-corrected chi connectivity index (χ3v) is 3.99. The smallest absolute Gasteiger partial charge is 0.357 e. The van der Waals surface area contributed by atoms with Crippen molar-refractivity contribution in [3.8, 4) is 0 Å². The molecule has 0 atom stereocenters. The fourth-order valence-electron chi connectivity index (χ4n) is 2.06. The molecule has 114 valence electrons. The van der Waals surface area contributed by atoms with E-state index in [0.29, 0.717) is 17.9 Å². The van der Waals surface area contributed by atoms with Crippen LogP contribution >= 0.6 is 11.3 Å². The summed E-state index contributed by atoms with van der Waals surface area (Å²) >= 11 is 1.33. The summed E-state index contributed by atoms with van der Waals surface area (Å²) in [5.41, 5.74) is 1.57. The van der Waals surface area contributed by atoms with Crippen LogP contribution in [0, 0.1) is 0 Å². The molecule has 0 aliphatic heterocycles. The van der Waals surface area contributed by atoms with E-state index in [0.717, 1.165) is 24.4 Å². The normalized spacial score (nSPS) is 10.6. The van der Waals surface area contributed by atoms with Crippen LogP contribution in [0.1, 0.15) is 34.4 Å². The van der Waals surface area contributed by atoms with Gasteiger partial charge < -0.3 is 10.1 Å². The van der Waals surface area contributed by atoms with Crippen molar-refractivity contribution in [1.29, 1.82) is 0 Å². The molecule has 22 heavy (non-hydrogen) atoms. The minimum atomic E-state index is -0.452. The lowest BCUT2D eigenvalue weighted by Crippen LogP contribution is -2.16. The summed E-state index contributed by atoms with van der Waals surface area (Å²) in [7, 11) is 5.81. The summed E-state index contributed by atoms with van der Waals surface area (Å²) in [5, 5.41) is 4.13. The minimum absolute atomic E-state index is 0.230. The molecule has 0 unspecified atom stereocenters. The average molecular weight is 314 g/mol. The van der Waals surface area contributed by atoms with Crippen LogP contribution in [0.15, 0.2) is 30.3 Å². The monoisotopic (exact) mass is 314 g/mol. The molecule has 6 heteroatoms. The Labute approximate surface area is 136 Å². The molecule has 1 heterocycles. The van der Waals surface area contributed by atoms with Crippen molar-refractivity contribution >= 4 is 29.9 Å². The maximum absolute atomic E-state index is 11.6. The van der Waals surface area contributed by atoms with Gasteiger partial charge in [-0.3, -0.25) is 0 Å². The maximum atomic E-state index is 11.6. The van der Waals surface area contributed by atoms with Gasteiger partial charge in [0.1, 0.15) is 12.9 Å². The van der Waals surface area contributed by atoms with Crippen molar-refractivity contribution in [2.45, 2.75) is 26.3 Å². The average Bonchev–Trinajstić information content (AvgIpc) is 2.89. The van der Waals surface area contributed by atoms with Gasteiger partial charge in [0.05, 0.1) is 6.61 Å². The van der Waals surface area contributed by atoms with Crippen LogP contribution in [0.3, 0.4) is 0 Å². The molecule has 2 aromatic rings. The highest BCUT2D eigenvalue weighted by Crippen LogP contribution is 2.07. The van der Waals surface area contributed by atoms with Gasteiger partial charge in [-0.15, -0.1) is 11.3 Å². The van der Waals surface area contributed by atoms with E-state index in [1.54, 1.807) is 6.92 Å². The number of thiazole rings is 1. The van der Waals surface area contributed by atoms with Gasteiger partial charge in [0.2, 0.25) is 0 Å². The van der Waals surface area contributed by atoms with Gasteiger partial charge in [-0.05, 0) is 36.7 Å². The zero-order chi connectivity index (χ0) is 15.8. The van der Waals surface area contributed by atoms with Gasteiger partial charge in [-0.1, -0.05) is 30.3 Å². The number of ether oxygens (including phenoxy) is 1. The molecule has 1 N–H and O–H groups in total. The zero-order valence-corrected chi connectivity index (χ0v) is 13.5. The molecule has 0 fully saturated rings. The van der Waals surface area contributed by atoms with Crippen molar-refractivity contribution in [2.75, 3.05) is 13.2 Å². The third kappa shape index (κ3) is 4.96. The van der Waals surface area contributed by atoms with Crippen molar-refractivity contribution in [2.24, 2.45) is 0 Å². The van der Waals surface area contributed by atoms with Gasteiger partial charge >= 0.3 is 5.97 Å². The molecular weight excluding hydrogens is 295 g/mol. The summed E-state index contributed by atoms with van der Waals surface area (Å²) in [6.45, 7) is 3.59. The summed E-state index contributed by atoms with van der Waals surface area (Å²) in [4.78, 5) is 15.9. The standard InChI is InChI=1S/C16H19BN2O2S/c1-2-21-16(20)14-15(17)22-13(19-14)11-18-10-6-9-12-7-4-3-5-8-12/h3-5,7-8,18H,2,6,9-11H2,1H3. The van der Waals surface area contributed by atoms with Gasteiger partial charge in [-0.25, -0.2) is 9.78 Å². The number of hydrogen-bond donors (Lipinski definition) is 1. The Kier molecular flexibility index (Phi) is 6.61. The Balaban J connectivity index is 1.73. The number of carbonyl (C=O) groups is 1. The molecule has 0 spiro atoms. The van der Waals surface area contributed by atoms with E-state index in [-0.39, 0.29) is 5.69 Å². The van der Waals surface area contributed by atoms with Gasteiger partial charge in [0.15, 0.2) is 5.69 Å². The second-order valence-electron chi connectivity index (χ2n) is 4.81. The van der Waals surface area contributed by atoms with E-state index < -0.39 is 5.97 Å². The molecule has 2 radical (unpaired) electrons. The van der Waals surface area contributed by atoms with Crippen molar-refractivity contribution in [3.05, 3.63) is 46.6 Å². The first kappa shape index (κ1) is 16.7. The van der Waals surface area contributed by atoms with E-state index in [1.165, 1.54) is 16.9 Å². The molecule has 2 rings (SSSR count). The molecule has 0 aliphatic rings. The molecule has 1 aromatic carbocycles. The predicted molar refractivity (Wildman–Crippen MR) is 89.9 cm³/mol. The van der Waals surface area contributed by atoms with Crippen LogP contribution < -0.4 is 10.1 Å². The lowest BCUT2D eigenvalue weighted by molar-refractivity contribution is 0.0522. The molecular formula is C16H19BN2O2S. The number of esters is 1. The van der Waals surface area contributed by atoms with Gasteiger partial charge in [-0.2, -0.15) is 0 Å². The molecule has 0 bridgehead atoms. The zero-order valence-electron chi connectivity index (χ0n) is 12.7. The van der Waals surface area contributed by atoms with Crippen molar-refractivity contribution < 1.29 is 9.53 Å². The molecule has 0 saturated heterocycles. The number of rotatable bonds is 8. The van der Waals surface area contributed by atoms with E-state index in [2.05, 4.69) is 34.6 Å². The van der Waals surface area contributed by atoms with E-state index in [1.807, 2.05) is 6.07 Å². The quantitative estimate of drug-likeness (QED) is 0.459. The fraction of sp³-hybridized carbons (Fsp3) is 0.375. The van der Waals surface area contributed by atoms with Crippen LogP contribution in [-0.4, -0.2) is 32.0 Å². The van der Waals surface area contributed by atoms with Crippen LogP contribution in [0.5, 0.6) is 0 Å². The molecule has 0 aliphatic carbocycles. The Morgan fingerprint density at radius 2 is 2.14 bits per heavy atom. The number of hydrogen-bond acceptors (Lipinski definition) is 5. The number of aromatic nitrogens is 1. The van der Waals surface area contributed by atoms with Crippen molar-refractivity contribution in [1.82, 2.24) is 10.3 Å². The van der Waals surface area contributed by atoms with Gasteiger partial charge in [0, 0.05) is 6.54 Å². The van der Waals surface area contributed by atoms with Crippen LogP contribution in [0.2, 0.25) is 0 Å². The summed E-state index contributed by atoms with van der Waals surface area (Å²) in [6, 6.07) is 10.4. The number of carbonyl (C=O) groups excluding carboxylic acids is 1. The summed E-state index contributed by atoms with van der Waals surface area (Å²) in [5.74, 6) is -0.452. The fourth-order valence-corrected chi connectivity index (χ4v) is 2.85. The van der Waals surface area contributed by atoms with Crippen molar-refractivity contribution in [3.63, 3.8) is 0 Å². The summed E-state index contributed by atoms with van der Waals surface area (Å²) < 4.78 is 5.34. The highest BCUT2D eigenvalue weighted by Gasteiger charge is 2.15. The van der Waals surface area contributed by atoms with E-state index in [4.69, 9.17) is 12.6 Å². The topological polar surface area (TPSA) is 51.2 Å². The number of nitrogens with zero attached hydrogens (tertiary/aromatic N) is 1. The van der Waals surface area contributed by atoms with E-state index in [9.17, 15) is 4.79 Å².